The highest BCUT2D eigenvalue weighted by Gasteiger charge is 1.96. The van der Waals surface area contributed by atoms with Gasteiger partial charge >= 0.3 is 0 Å². The number of aryl methyl sites for hydroxylation is 1. The molecule has 0 unspecified atom stereocenters. The third-order valence-electron chi connectivity index (χ3n) is 5.50. The molecule has 0 saturated heterocycles. The highest BCUT2D eigenvalue weighted by Crippen LogP contribution is 2.14. The van der Waals surface area contributed by atoms with Gasteiger partial charge in [-0.2, -0.15) is 0 Å². The van der Waals surface area contributed by atoms with Crippen LogP contribution < -0.4 is 4.74 Å². The molecule has 1 heteroatoms. The van der Waals surface area contributed by atoms with Gasteiger partial charge in [0.25, 0.3) is 0 Å². The molecule has 2 rings (SSSR count). The van der Waals surface area contributed by atoms with Crippen molar-refractivity contribution in [1.29, 1.82) is 0 Å². The number of unbranched alkanes of at least 4 members (excludes halogenated alkanes) is 9. The van der Waals surface area contributed by atoms with E-state index in [0.717, 1.165) is 29.9 Å². The van der Waals surface area contributed by atoms with Crippen LogP contribution in [0.4, 0.5) is 0 Å². The lowest BCUT2D eigenvalue weighted by Gasteiger charge is -2.06. The topological polar surface area (TPSA) is 9.23 Å². The van der Waals surface area contributed by atoms with Gasteiger partial charge in [-0.1, -0.05) is 95.6 Å². The van der Waals surface area contributed by atoms with Gasteiger partial charge in [0, 0.05) is 11.1 Å². The van der Waals surface area contributed by atoms with Crippen molar-refractivity contribution >= 4 is 0 Å². The zero-order valence-electron chi connectivity index (χ0n) is 19.2. The van der Waals surface area contributed by atoms with Crippen molar-refractivity contribution < 1.29 is 4.74 Å². The number of rotatable bonds is 14. The molecule has 0 aliphatic carbocycles. The molecule has 30 heavy (non-hydrogen) atoms. The van der Waals surface area contributed by atoms with E-state index in [2.05, 4.69) is 50.0 Å². The lowest BCUT2D eigenvalue weighted by atomic mass is 10.0. The van der Waals surface area contributed by atoms with Gasteiger partial charge < -0.3 is 4.74 Å². The van der Waals surface area contributed by atoms with E-state index in [-0.39, 0.29) is 0 Å². The molecular formula is C29H40O. The number of ether oxygens (including phenoxy) is 1. The molecule has 0 spiro atoms. The monoisotopic (exact) mass is 404 g/mol. The molecule has 0 bridgehead atoms. The van der Waals surface area contributed by atoms with Crippen molar-refractivity contribution in [2.75, 3.05) is 6.61 Å². The predicted octanol–water partition coefficient (Wildman–Crippen LogP) is 8.34. The molecular weight excluding hydrogens is 364 g/mol. The van der Waals surface area contributed by atoms with E-state index in [1.165, 1.54) is 76.2 Å². The number of benzene rings is 2. The number of hydrogen-bond donors (Lipinski definition) is 0. The van der Waals surface area contributed by atoms with Gasteiger partial charge in [0.1, 0.15) is 5.75 Å². The summed E-state index contributed by atoms with van der Waals surface area (Å²) < 4.78 is 5.85. The minimum atomic E-state index is 0.808. The first-order valence-corrected chi connectivity index (χ1v) is 12.2. The number of hydrogen-bond acceptors (Lipinski definition) is 1. The Morgan fingerprint density at radius 1 is 0.567 bits per heavy atom. The first kappa shape index (κ1) is 24.1. The standard InChI is InChI=1S/C29H40O/c1-3-5-7-9-11-13-25-30-29-23-21-28(22-24-29)20-19-27-17-15-26(16-18-27)14-12-10-8-6-4-2/h15-18,21-24H,3-14,25H2,1-2H3. The molecule has 0 fully saturated rings. The minimum Gasteiger partial charge on any atom is -0.494 e. The third kappa shape index (κ3) is 10.5. The maximum absolute atomic E-state index is 5.85. The highest BCUT2D eigenvalue weighted by atomic mass is 16.5. The Labute approximate surface area is 185 Å². The molecule has 1 nitrogen and oxygen atoms in total. The van der Waals surface area contributed by atoms with Crippen LogP contribution in [-0.4, -0.2) is 6.61 Å². The Balaban J connectivity index is 1.70. The van der Waals surface area contributed by atoms with Crippen LogP contribution in [0, 0.1) is 11.8 Å². The fourth-order valence-corrected chi connectivity index (χ4v) is 3.54. The van der Waals surface area contributed by atoms with Gasteiger partial charge in [-0.25, -0.2) is 0 Å². The Bertz CT molecular complexity index is 731. The first-order chi connectivity index (χ1) is 14.8. The zero-order valence-corrected chi connectivity index (χ0v) is 19.2. The predicted molar refractivity (Wildman–Crippen MR) is 130 cm³/mol. The van der Waals surface area contributed by atoms with Crippen LogP contribution >= 0.6 is 0 Å². The van der Waals surface area contributed by atoms with Crippen molar-refractivity contribution in [3.05, 3.63) is 65.2 Å². The average Bonchev–Trinajstić information content (AvgIpc) is 2.78. The van der Waals surface area contributed by atoms with E-state index < -0.39 is 0 Å². The molecule has 0 heterocycles. The van der Waals surface area contributed by atoms with Crippen LogP contribution in [0.15, 0.2) is 48.5 Å². The van der Waals surface area contributed by atoms with Crippen LogP contribution in [0.25, 0.3) is 0 Å². The zero-order chi connectivity index (χ0) is 21.3. The molecule has 0 N–H and O–H groups in total. The summed E-state index contributed by atoms with van der Waals surface area (Å²) in [5.74, 6) is 7.48. The summed E-state index contributed by atoms with van der Waals surface area (Å²) in [4.78, 5) is 0. The normalized spacial score (nSPS) is 10.5. The molecule has 0 radical (unpaired) electrons. The fraction of sp³-hybridized carbons (Fsp3) is 0.517. The fourth-order valence-electron chi connectivity index (χ4n) is 3.54. The van der Waals surface area contributed by atoms with Crippen molar-refractivity contribution in [1.82, 2.24) is 0 Å². The quantitative estimate of drug-likeness (QED) is 0.227. The van der Waals surface area contributed by atoms with Gasteiger partial charge in [0.2, 0.25) is 0 Å². The van der Waals surface area contributed by atoms with Gasteiger partial charge in [0.05, 0.1) is 6.61 Å². The third-order valence-corrected chi connectivity index (χ3v) is 5.50. The van der Waals surface area contributed by atoms with E-state index >= 15 is 0 Å². The van der Waals surface area contributed by atoms with Crippen molar-refractivity contribution in [2.45, 2.75) is 90.9 Å². The molecule has 0 saturated carbocycles. The first-order valence-electron chi connectivity index (χ1n) is 12.2. The van der Waals surface area contributed by atoms with Gasteiger partial charge in [-0.3, -0.25) is 0 Å². The van der Waals surface area contributed by atoms with Crippen LogP contribution in [-0.2, 0) is 6.42 Å². The summed E-state index contributed by atoms with van der Waals surface area (Å²) in [5, 5.41) is 0. The van der Waals surface area contributed by atoms with Gasteiger partial charge in [-0.05, 0) is 61.2 Å². The van der Waals surface area contributed by atoms with Crippen LogP contribution in [0.1, 0.15) is 101 Å². The van der Waals surface area contributed by atoms with E-state index in [1.54, 1.807) is 0 Å². The molecule has 0 atom stereocenters. The molecule has 2 aromatic rings. The van der Waals surface area contributed by atoms with Crippen molar-refractivity contribution in [3.8, 4) is 17.6 Å². The SMILES string of the molecule is CCCCCCCCOc1ccc(C#Cc2ccc(CCCCCCC)cc2)cc1. The maximum Gasteiger partial charge on any atom is 0.119 e. The second kappa shape index (κ2) is 15.6. The van der Waals surface area contributed by atoms with Crippen LogP contribution in [0.5, 0.6) is 5.75 Å². The Morgan fingerprint density at radius 3 is 1.67 bits per heavy atom. The van der Waals surface area contributed by atoms with Gasteiger partial charge in [0.15, 0.2) is 0 Å². The summed E-state index contributed by atoms with van der Waals surface area (Å²) in [6.07, 6.45) is 15.6. The summed E-state index contributed by atoms with van der Waals surface area (Å²) in [6, 6.07) is 16.9. The Hall–Kier alpha value is -2.20. The molecule has 0 aliphatic rings. The average molecular weight is 405 g/mol. The largest absolute Gasteiger partial charge is 0.494 e. The molecule has 2 aromatic carbocycles. The smallest absolute Gasteiger partial charge is 0.119 e. The Kier molecular flexibility index (Phi) is 12.5. The summed E-state index contributed by atoms with van der Waals surface area (Å²) in [7, 11) is 0. The molecule has 0 amide bonds. The highest BCUT2D eigenvalue weighted by molar-refractivity contribution is 5.44. The molecule has 162 valence electrons. The minimum absolute atomic E-state index is 0.808. The second-order valence-corrected chi connectivity index (χ2v) is 8.25. The maximum atomic E-state index is 5.85. The molecule has 0 aliphatic heterocycles. The van der Waals surface area contributed by atoms with E-state index in [0.29, 0.717) is 0 Å². The second-order valence-electron chi connectivity index (χ2n) is 8.25. The molecule has 0 aromatic heterocycles. The van der Waals surface area contributed by atoms with Crippen LogP contribution in [0.2, 0.25) is 0 Å². The van der Waals surface area contributed by atoms with E-state index in [9.17, 15) is 0 Å². The summed E-state index contributed by atoms with van der Waals surface area (Å²) in [5.41, 5.74) is 3.53. The van der Waals surface area contributed by atoms with E-state index in [4.69, 9.17) is 4.74 Å². The lowest BCUT2D eigenvalue weighted by molar-refractivity contribution is 0.304. The summed E-state index contributed by atoms with van der Waals surface area (Å²) >= 11 is 0. The Morgan fingerprint density at radius 2 is 1.07 bits per heavy atom. The summed E-state index contributed by atoms with van der Waals surface area (Å²) in [6.45, 7) is 5.32. The lowest BCUT2D eigenvalue weighted by Crippen LogP contribution is -1.97. The van der Waals surface area contributed by atoms with Gasteiger partial charge in [-0.15, -0.1) is 0 Å². The van der Waals surface area contributed by atoms with Crippen molar-refractivity contribution in [2.24, 2.45) is 0 Å². The van der Waals surface area contributed by atoms with E-state index in [1.807, 2.05) is 24.3 Å². The van der Waals surface area contributed by atoms with Crippen LogP contribution in [0.3, 0.4) is 0 Å². The van der Waals surface area contributed by atoms with Crippen molar-refractivity contribution in [3.63, 3.8) is 0 Å².